The normalized spacial score (nSPS) is 13.9. The van der Waals surface area contributed by atoms with Gasteiger partial charge < -0.3 is 20.9 Å². The molecular formula is C25H32N4O3. The Hall–Kier alpha value is -3.35. The molecule has 0 radical (unpaired) electrons. The van der Waals surface area contributed by atoms with Crippen molar-refractivity contribution in [2.45, 2.75) is 39.5 Å². The molecule has 2 aromatic carbocycles. The SMILES string of the molecule is CC(C)C(=O)Nc1ccc(NC(=O)CNc2ccc(C(=O)N3CCCCCC3)cc2)cc1. The Balaban J connectivity index is 1.46. The molecule has 1 aliphatic rings. The fourth-order valence-corrected chi connectivity index (χ4v) is 3.50. The number of nitrogens with one attached hydrogen (secondary N) is 3. The Labute approximate surface area is 189 Å². The zero-order valence-electron chi connectivity index (χ0n) is 18.8. The summed E-state index contributed by atoms with van der Waals surface area (Å²) < 4.78 is 0. The minimum Gasteiger partial charge on any atom is -0.376 e. The molecule has 0 atom stereocenters. The fraction of sp³-hybridized carbons (Fsp3) is 0.400. The van der Waals surface area contributed by atoms with Crippen LogP contribution in [0.25, 0.3) is 0 Å². The van der Waals surface area contributed by atoms with Crippen molar-refractivity contribution in [1.82, 2.24) is 4.90 Å². The molecule has 0 spiro atoms. The van der Waals surface area contributed by atoms with Gasteiger partial charge >= 0.3 is 0 Å². The third-order valence-electron chi connectivity index (χ3n) is 5.44. The molecule has 170 valence electrons. The van der Waals surface area contributed by atoms with E-state index in [4.69, 9.17) is 0 Å². The maximum Gasteiger partial charge on any atom is 0.253 e. The van der Waals surface area contributed by atoms with Gasteiger partial charge in [0.15, 0.2) is 0 Å². The maximum atomic E-state index is 12.7. The summed E-state index contributed by atoms with van der Waals surface area (Å²) in [5, 5.41) is 8.71. The van der Waals surface area contributed by atoms with Crippen LogP contribution in [0.1, 0.15) is 49.9 Å². The quantitative estimate of drug-likeness (QED) is 0.602. The van der Waals surface area contributed by atoms with E-state index in [1.54, 1.807) is 36.4 Å². The first-order valence-electron chi connectivity index (χ1n) is 11.3. The average molecular weight is 437 g/mol. The van der Waals surface area contributed by atoms with E-state index in [2.05, 4.69) is 16.0 Å². The number of carbonyl (C=O) groups excluding carboxylic acids is 3. The Morgan fingerprint density at radius 2 is 1.31 bits per heavy atom. The van der Waals surface area contributed by atoms with Crippen LogP contribution in [0.4, 0.5) is 17.1 Å². The van der Waals surface area contributed by atoms with E-state index in [1.807, 2.05) is 30.9 Å². The van der Waals surface area contributed by atoms with Gasteiger partial charge in [0.05, 0.1) is 6.54 Å². The first-order chi connectivity index (χ1) is 15.4. The zero-order chi connectivity index (χ0) is 22.9. The molecule has 3 N–H and O–H groups in total. The van der Waals surface area contributed by atoms with Crippen LogP contribution in [-0.2, 0) is 9.59 Å². The largest absolute Gasteiger partial charge is 0.376 e. The highest BCUT2D eigenvalue weighted by Gasteiger charge is 2.17. The fourth-order valence-electron chi connectivity index (χ4n) is 3.50. The Kier molecular flexibility index (Phi) is 8.25. The average Bonchev–Trinajstić information content (AvgIpc) is 3.08. The third kappa shape index (κ3) is 6.83. The summed E-state index contributed by atoms with van der Waals surface area (Å²) in [5.41, 5.74) is 2.79. The van der Waals surface area contributed by atoms with Gasteiger partial charge in [-0.25, -0.2) is 0 Å². The predicted octanol–water partition coefficient (Wildman–Crippen LogP) is 4.35. The Bertz CT molecular complexity index is 915. The van der Waals surface area contributed by atoms with Crippen LogP contribution < -0.4 is 16.0 Å². The number of amides is 3. The molecule has 0 unspecified atom stereocenters. The topological polar surface area (TPSA) is 90.5 Å². The second-order valence-corrected chi connectivity index (χ2v) is 8.41. The van der Waals surface area contributed by atoms with Gasteiger partial charge in [0.1, 0.15) is 0 Å². The second kappa shape index (κ2) is 11.3. The van der Waals surface area contributed by atoms with Crippen molar-refractivity contribution in [2.24, 2.45) is 5.92 Å². The summed E-state index contributed by atoms with van der Waals surface area (Å²) in [6, 6.07) is 14.3. The molecule has 1 saturated heterocycles. The van der Waals surface area contributed by atoms with E-state index in [-0.39, 0.29) is 30.2 Å². The highest BCUT2D eigenvalue weighted by molar-refractivity contribution is 5.96. The summed E-state index contributed by atoms with van der Waals surface area (Å²) >= 11 is 0. The lowest BCUT2D eigenvalue weighted by Crippen LogP contribution is -2.31. The van der Waals surface area contributed by atoms with Crippen molar-refractivity contribution in [1.29, 1.82) is 0 Å². The Morgan fingerprint density at radius 3 is 1.88 bits per heavy atom. The standard InChI is InChI=1S/C25H32N4O3/c1-18(2)24(31)28-22-13-11-21(12-14-22)27-23(30)17-26-20-9-7-19(8-10-20)25(32)29-15-5-3-4-6-16-29/h7-14,18,26H,3-6,15-17H2,1-2H3,(H,27,30)(H,28,31). The van der Waals surface area contributed by atoms with Gasteiger partial charge in [-0.15, -0.1) is 0 Å². The van der Waals surface area contributed by atoms with Crippen LogP contribution in [0, 0.1) is 5.92 Å². The highest BCUT2D eigenvalue weighted by Crippen LogP contribution is 2.17. The first kappa shape index (κ1) is 23.3. The lowest BCUT2D eigenvalue weighted by molar-refractivity contribution is -0.119. The van der Waals surface area contributed by atoms with E-state index in [0.29, 0.717) is 16.9 Å². The van der Waals surface area contributed by atoms with Gasteiger partial charge in [-0.1, -0.05) is 26.7 Å². The van der Waals surface area contributed by atoms with Gasteiger partial charge in [0, 0.05) is 41.6 Å². The summed E-state index contributed by atoms with van der Waals surface area (Å²) in [4.78, 5) is 38.6. The minimum absolute atomic E-state index is 0.0508. The molecular weight excluding hydrogens is 404 g/mol. The molecule has 7 heteroatoms. The molecule has 0 aliphatic carbocycles. The minimum atomic E-state index is -0.186. The number of carbonyl (C=O) groups is 3. The lowest BCUT2D eigenvalue weighted by atomic mass is 10.1. The van der Waals surface area contributed by atoms with Crippen molar-refractivity contribution >= 4 is 34.8 Å². The second-order valence-electron chi connectivity index (χ2n) is 8.41. The maximum absolute atomic E-state index is 12.7. The van der Waals surface area contributed by atoms with Gasteiger partial charge in [-0.05, 0) is 61.4 Å². The van der Waals surface area contributed by atoms with Gasteiger partial charge in [0.2, 0.25) is 11.8 Å². The van der Waals surface area contributed by atoms with Crippen molar-refractivity contribution in [3.8, 4) is 0 Å². The molecule has 1 fully saturated rings. The molecule has 32 heavy (non-hydrogen) atoms. The smallest absolute Gasteiger partial charge is 0.253 e. The molecule has 1 aliphatic heterocycles. The summed E-state index contributed by atoms with van der Waals surface area (Å²) in [7, 11) is 0. The van der Waals surface area contributed by atoms with Crippen LogP contribution in [0.2, 0.25) is 0 Å². The summed E-state index contributed by atoms with van der Waals surface area (Å²) in [5.74, 6) is -0.259. The summed E-state index contributed by atoms with van der Waals surface area (Å²) in [6.07, 6.45) is 4.51. The zero-order valence-corrected chi connectivity index (χ0v) is 18.8. The lowest BCUT2D eigenvalue weighted by Gasteiger charge is -2.20. The number of benzene rings is 2. The number of rotatable bonds is 7. The van der Waals surface area contributed by atoms with Crippen LogP contribution in [0.3, 0.4) is 0 Å². The monoisotopic (exact) mass is 436 g/mol. The Morgan fingerprint density at radius 1 is 0.781 bits per heavy atom. The number of likely N-dealkylation sites (tertiary alicyclic amines) is 1. The van der Waals surface area contributed by atoms with Crippen LogP contribution >= 0.6 is 0 Å². The van der Waals surface area contributed by atoms with Crippen molar-refractivity contribution in [3.63, 3.8) is 0 Å². The molecule has 7 nitrogen and oxygen atoms in total. The molecule has 3 amide bonds. The molecule has 2 aromatic rings. The van der Waals surface area contributed by atoms with Crippen LogP contribution in [0.15, 0.2) is 48.5 Å². The number of hydrogen-bond donors (Lipinski definition) is 3. The molecule has 0 aromatic heterocycles. The van der Waals surface area contributed by atoms with E-state index in [9.17, 15) is 14.4 Å². The van der Waals surface area contributed by atoms with Crippen molar-refractivity contribution < 1.29 is 14.4 Å². The van der Waals surface area contributed by atoms with E-state index < -0.39 is 0 Å². The molecule has 0 bridgehead atoms. The predicted molar refractivity (Wildman–Crippen MR) is 128 cm³/mol. The molecule has 0 saturated carbocycles. The molecule has 1 heterocycles. The number of hydrogen-bond acceptors (Lipinski definition) is 4. The van der Waals surface area contributed by atoms with E-state index in [0.717, 1.165) is 31.6 Å². The van der Waals surface area contributed by atoms with Gasteiger partial charge in [0.25, 0.3) is 5.91 Å². The molecule has 3 rings (SSSR count). The van der Waals surface area contributed by atoms with Crippen molar-refractivity contribution in [3.05, 3.63) is 54.1 Å². The number of nitrogens with zero attached hydrogens (tertiary/aromatic N) is 1. The number of anilines is 3. The highest BCUT2D eigenvalue weighted by atomic mass is 16.2. The van der Waals surface area contributed by atoms with Crippen LogP contribution in [-0.4, -0.2) is 42.3 Å². The van der Waals surface area contributed by atoms with E-state index in [1.165, 1.54) is 12.8 Å². The third-order valence-corrected chi connectivity index (χ3v) is 5.44. The van der Waals surface area contributed by atoms with Gasteiger partial charge in [-0.3, -0.25) is 14.4 Å². The summed E-state index contributed by atoms with van der Waals surface area (Å²) in [6.45, 7) is 5.41. The van der Waals surface area contributed by atoms with E-state index >= 15 is 0 Å². The van der Waals surface area contributed by atoms with Gasteiger partial charge in [-0.2, -0.15) is 0 Å². The first-order valence-corrected chi connectivity index (χ1v) is 11.3. The van der Waals surface area contributed by atoms with Crippen LogP contribution in [0.5, 0.6) is 0 Å². The van der Waals surface area contributed by atoms with Crippen molar-refractivity contribution in [2.75, 3.05) is 35.6 Å².